The van der Waals surface area contributed by atoms with E-state index in [0.29, 0.717) is 53.9 Å². The van der Waals surface area contributed by atoms with Crippen molar-refractivity contribution in [2.24, 2.45) is 0 Å². The van der Waals surface area contributed by atoms with E-state index in [1.807, 2.05) is 25.5 Å². The Labute approximate surface area is 232 Å². The Balaban J connectivity index is 1.35. The van der Waals surface area contributed by atoms with Gasteiger partial charge in [0.1, 0.15) is 11.6 Å². The van der Waals surface area contributed by atoms with E-state index in [1.165, 1.54) is 4.31 Å². The van der Waals surface area contributed by atoms with Gasteiger partial charge >= 0.3 is 0 Å². The van der Waals surface area contributed by atoms with Gasteiger partial charge in [-0.05, 0) is 76.3 Å². The third kappa shape index (κ3) is 4.31. The number of nitrogens with one attached hydrogen (secondary N) is 2. The van der Waals surface area contributed by atoms with Crippen molar-refractivity contribution < 1.29 is 12.8 Å². The summed E-state index contributed by atoms with van der Waals surface area (Å²) in [7, 11) is -3.60. The van der Waals surface area contributed by atoms with Crippen molar-refractivity contribution in [2.45, 2.75) is 87.6 Å². The number of hydrogen-bond donors (Lipinski definition) is 2. The molecule has 2 aliphatic heterocycles. The molecule has 10 nitrogen and oxygen atoms in total. The second-order valence-corrected chi connectivity index (χ2v) is 14.1. The number of sulfonamides is 1. The van der Waals surface area contributed by atoms with Gasteiger partial charge in [-0.1, -0.05) is 0 Å². The molecule has 0 amide bonds. The minimum atomic E-state index is -3.60. The van der Waals surface area contributed by atoms with Crippen LogP contribution in [0.1, 0.15) is 58.4 Å². The van der Waals surface area contributed by atoms with E-state index in [4.69, 9.17) is 5.10 Å². The normalized spacial score (nSPS) is 25.4. The number of likely N-dealkylation sites (tertiary alicyclic amines) is 1. The zero-order chi connectivity index (χ0) is 28.4. The monoisotopic (exact) mass is 567 g/mol. The van der Waals surface area contributed by atoms with Gasteiger partial charge in [0.2, 0.25) is 10.0 Å². The lowest BCUT2D eigenvalue weighted by Crippen LogP contribution is -2.55. The molecule has 212 valence electrons. The number of nitriles is 1. The number of H-pyrrole nitrogens is 1. The lowest BCUT2D eigenvalue weighted by Gasteiger charge is -2.47. The summed E-state index contributed by atoms with van der Waals surface area (Å²) in [6.07, 6.45) is 4.12. The molecule has 0 spiro atoms. The van der Waals surface area contributed by atoms with Crippen LogP contribution in [0.2, 0.25) is 0 Å². The lowest BCUT2D eigenvalue weighted by molar-refractivity contribution is -0.00330. The van der Waals surface area contributed by atoms with Crippen LogP contribution in [-0.2, 0) is 22.1 Å². The lowest BCUT2D eigenvalue weighted by atomic mass is 9.76. The van der Waals surface area contributed by atoms with Crippen molar-refractivity contribution in [1.29, 1.82) is 5.26 Å². The molecule has 1 aromatic carbocycles. The molecule has 0 atom stereocenters. The van der Waals surface area contributed by atoms with E-state index < -0.39 is 27.3 Å². The number of alkyl halides is 1. The second-order valence-electron chi connectivity index (χ2n) is 12.3. The minimum Gasteiger partial charge on any atom is -0.338 e. The van der Waals surface area contributed by atoms with Crippen LogP contribution in [-0.4, -0.2) is 63.2 Å². The van der Waals surface area contributed by atoms with Gasteiger partial charge in [-0.25, -0.2) is 12.8 Å². The molecule has 2 N–H and O–H groups in total. The van der Waals surface area contributed by atoms with Crippen LogP contribution in [0, 0.1) is 11.3 Å². The first-order valence-corrected chi connectivity index (χ1v) is 15.2. The maximum atomic E-state index is 13.5. The van der Waals surface area contributed by atoms with Crippen LogP contribution < -0.4 is 10.9 Å². The molecule has 1 saturated heterocycles. The summed E-state index contributed by atoms with van der Waals surface area (Å²) in [5.41, 5.74) is 0.482. The number of halogens is 1. The number of benzene rings is 1. The molecule has 40 heavy (non-hydrogen) atoms. The molecule has 0 bridgehead atoms. The second kappa shape index (κ2) is 9.39. The third-order valence-electron chi connectivity index (χ3n) is 8.68. The first kappa shape index (κ1) is 26.9. The van der Waals surface area contributed by atoms with E-state index in [9.17, 15) is 22.9 Å². The van der Waals surface area contributed by atoms with Gasteiger partial charge in [-0.3, -0.25) is 14.4 Å². The van der Waals surface area contributed by atoms with Crippen molar-refractivity contribution >= 4 is 32.4 Å². The SMILES string of the molecule is CC(C)(C)N1Cc2cc(Nc3nn([C@]4(CC#N)CC[C@H](N5CC(F)C5)CC4)c4cc[nH]c(=O)c34)ccc2S1(=O)=O. The fourth-order valence-electron chi connectivity index (χ4n) is 6.52. The number of pyridine rings is 1. The summed E-state index contributed by atoms with van der Waals surface area (Å²) < 4.78 is 43.0. The Hall–Kier alpha value is -3.27. The molecule has 1 saturated carbocycles. The van der Waals surface area contributed by atoms with Gasteiger partial charge in [0, 0.05) is 43.1 Å². The zero-order valence-corrected chi connectivity index (χ0v) is 23.8. The van der Waals surface area contributed by atoms with Crippen LogP contribution in [0.5, 0.6) is 0 Å². The highest BCUT2D eigenvalue weighted by Crippen LogP contribution is 2.43. The topological polar surface area (TPSA) is 127 Å². The highest BCUT2D eigenvalue weighted by molar-refractivity contribution is 7.89. The first-order chi connectivity index (χ1) is 18.9. The average Bonchev–Trinajstić information content (AvgIpc) is 3.38. The highest BCUT2D eigenvalue weighted by Gasteiger charge is 2.44. The Kier molecular flexibility index (Phi) is 6.32. The molecular weight excluding hydrogens is 533 g/mol. The zero-order valence-electron chi connectivity index (χ0n) is 22.9. The number of nitrogens with zero attached hydrogens (tertiary/aromatic N) is 5. The quantitative estimate of drug-likeness (QED) is 0.478. The molecule has 0 radical (unpaired) electrons. The summed E-state index contributed by atoms with van der Waals surface area (Å²) in [5.74, 6) is 0.354. The van der Waals surface area contributed by atoms with Gasteiger partial charge in [0.15, 0.2) is 5.82 Å². The molecule has 3 aliphatic rings. The minimum absolute atomic E-state index is 0.244. The molecule has 4 heterocycles. The molecule has 0 unspecified atom stereocenters. The van der Waals surface area contributed by atoms with Crippen LogP contribution >= 0.6 is 0 Å². The molecule has 3 aromatic rings. The molecule has 6 rings (SSSR count). The summed E-state index contributed by atoms with van der Waals surface area (Å²) >= 11 is 0. The molecule has 1 aliphatic carbocycles. The molecule has 2 aromatic heterocycles. The van der Waals surface area contributed by atoms with E-state index >= 15 is 0 Å². The van der Waals surface area contributed by atoms with Crippen LogP contribution in [0.15, 0.2) is 40.2 Å². The maximum Gasteiger partial charge on any atom is 0.261 e. The number of aromatic amines is 1. The Morgan fingerprint density at radius 3 is 2.60 bits per heavy atom. The van der Waals surface area contributed by atoms with Crippen molar-refractivity contribution in [3.8, 4) is 6.07 Å². The summed E-state index contributed by atoms with van der Waals surface area (Å²) in [6.45, 7) is 6.81. The Morgan fingerprint density at radius 1 is 1.23 bits per heavy atom. The van der Waals surface area contributed by atoms with Gasteiger partial charge in [0.05, 0.1) is 28.4 Å². The number of fused-ring (bicyclic) bond motifs is 2. The van der Waals surface area contributed by atoms with Gasteiger partial charge in [-0.2, -0.15) is 14.7 Å². The van der Waals surface area contributed by atoms with Gasteiger partial charge in [0.25, 0.3) is 5.56 Å². The van der Waals surface area contributed by atoms with E-state index in [0.717, 1.165) is 12.8 Å². The predicted molar refractivity (Wildman–Crippen MR) is 149 cm³/mol. The largest absolute Gasteiger partial charge is 0.338 e. The Morgan fingerprint density at radius 2 is 1.95 bits per heavy atom. The summed E-state index contributed by atoms with van der Waals surface area (Å²) in [6, 6.07) is 9.51. The standard InChI is InChI=1S/C28H34FN7O3S/c1-27(2,3)35-15-18-14-20(4-5-23(18)40(35,38)39)32-25-24-22(8-13-31-26(24)37)36(33-25)28(11-12-30)9-6-21(7-10-28)34-16-19(29)17-34/h4-5,8,13-14,19,21H,6-7,9-11,15-17H2,1-3H3,(H,31,37)(H,32,33)/t21-,28+. The summed E-state index contributed by atoms with van der Waals surface area (Å²) in [5, 5.41) is 18.3. The summed E-state index contributed by atoms with van der Waals surface area (Å²) in [4.78, 5) is 18.2. The predicted octanol–water partition coefficient (Wildman–Crippen LogP) is 3.98. The van der Waals surface area contributed by atoms with Gasteiger partial charge < -0.3 is 10.3 Å². The van der Waals surface area contributed by atoms with Crippen molar-refractivity contribution in [2.75, 3.05) is 18.4 Å². The van der Waals surface area contributed by atoms with Crippen LogP contribution in [0.3, 0.4) is 0 Å². The maximum absolute atomic E-state index is 13.5. The van der Waals surface area contributed by atoms with Gasteiger partial charge in [-0.15, -0.1) is 0 Å². The fraction of sp³-hybridized carbons (Fsp3) is 0.536. The van der Waals surface area contributed by atoms with Crippen LogP contribution in [0.4, 0.5) is 15.9 Å². The van der Waals surface area contributed by atoms with E-state index in [1.54, 1.807) is 30.5 Å². The van der Waals surface area contributed by atoms with Crippen molar-refractivity contribution in [3.63, 3.8) is 0 Å². The first-order valence-electron chi connectivity index (χ1n) is 13.7. The third-order valence-corrected chi connectivity index (χ3v) is 10.9. The average molecular weight is 568 g/mol. The number of hydrogen-bond acceptors (Lipinski definition) is 7. The number of anilines is 2. The molecule has 12 heteroatoms. The Bertz CT molecular complexity index is 1670. The fourth-order valence-corrected chi connectivity index (χ4v) is 8.48. The van der Waals surface area contributed by atoms with Crippen LogP contribution in [0.25, 0.3) is 10.9 Å². The van der Waals surface area contributed by atoms with Crippen molar-refractivity contribution in [3.05, 3.63) is 46.4 Å². The highest BCUT2D eigenvalue weighted by atomic mass is 32.2. The molecule has 2 fully saturated rings. The smallest absolute Gasteiger partial charge is 0.261 e. The molecular formula is C28H34FN7O3S. The number of aromatic nitrogens is 3. The van der Waals surface area contributed by atoms with E-state index in [-0.39, 0.29) is 29.5 Å². The van der Waals surface area contributed by atoms with E-state index in [2.05, 4.69) is 21.3 Å². The number of rotatable bonds is 5. The van der Waals surface area contributed by atoms with Crippen molar-refractivity contribution in [1.82, 2.24) is 24.0 Å².